The molecule has 1 aliphatic rings. The third-order valence-corrected chi connectivity index (χ3v) is 6.90. The summed E-state index contributed by atoms with van der Waals surface area (Å²) < 4.78 is 5.75. The number of fused-ring (bicyclic) bond motifs is 1. The van der Waals surface area contributed by atoms with Crippen molar-refractivity contribution in [1.82, 2.24) is 10.3 Å². The summed E-state index contributed by atoms with van der Waals surface area (Å²) in [5.74, 6) is -0.0592. The lowest BCUT2D eigenvalue weighted by atomic mass is 9.86. The summed E-state index contributed by atoms with van der Waals surface area (Å²) in [6.45, 7) is 0.482. The van der Waals surface area contributed by atoms with Crippen LogP contribution in [0.2, 0.25) is 5.02 Å². The summed E-state index contributed by atoms with van der Waals surface area (Å²) in [5, 5.41) is 23.7. The predicted molar refractivity (Wildman–Crippen MR) is 143 cm³/mol. The molecule has 0 amide bonds. The van der Waals surface area contributed by atoms with Crippen molar-refractivity contribution in [3.8, 4) is 22.8 Å². The second-order valence-electron chi connectivity index (χ2n) is 9.22. The van der Waals surface area contributed by atoms with E-state index >= 15 is 0 Å². The number of aryl methyl sites for hydroxylation is 1. The Morgan fingerprint density at radius 3 is 2.57 bits per heavy atom. The predicted octanol–water partition coefficient (Wildman–Crippen LogP) is 6.07. The molecule has 6 nitrogen and oxygen atoms in total. The first kappa shape index (κ1) is 25.0. The minimum Gasteiger partial charge on any atom is -0.478 e. The quantitative estimate of drug-likeness (QED) is 0.264. The van der Waals surface area contributed by atoms with Crippen molar-refractivity contribution in [2.45, 2.75) is 31.4 Å². The number of hydrogen-bond acceptors (Lipinski definition) is 5. The Balaban J connectivity index is 1.21. The molecular weight excluding hydrogens is 488 g/mol. The number of ether oxygens (including phenoxy) is 1. The number of aromatic nitrogens is 1. The highest BCUT2D eigenvalue weighted by Crippen LogP contribution is 2.30. The van der Waals surface area contributed by atoms with Crippen LogP contribution in [0.4, 0.5) is 0 Å². The molecule has 0 bridgehead atoms. The van der Waals surface area contributed by atoms with Crippen LogP contribution in [-0.4, -0.2) is 33.8 Å². The summed E-state index contributed by atoms with van der Waals surface area (Å²) in [7, 11) is 0. The molecular formula is C30H27ClN2O4. The lowest BCUT2D eigenvalue weighted by Crippen LogP contribution is -2.37. The number of pyridine rings is 1. The van der Waals surface area contributed by atoms with Crippen LogP contribution in [0.15, 0.2) is 85.1 Å². The zero-order chi connectivity index (χ0) is 25.8. The van der Waals surface area contributed by atoms with E-state index in [-0.39, 0.29) is 5.56 Å². The number of carbonyl (C=O) groups is 1. The number of halogens is 1. The average Bonchev–Trinajstić information content (AvgIpc) is 2.92. The molecule has 0 unspecified atom stereocenters. The van der Waals surface area contributed by atoms with Crippen molar-refractivity contribution in [2.24, 2.45) is 0 Å². The van der Waals surface area contributed by atoms with E-state index in [0.717, 1.165) is 36.0 Å². The minimum atomic E-state index is -1.02. The number of aliphatic hydroxyl groups excluding tert-OH is 1. The van der Waals surface area contributed by atoms with Gasteiger partial charge >= 0.3 is 5.97 Å². The molecule has 0 fully saturated rings. The molecule has 0 saturated carbocycles. The molecule has 2 atom stereocenters. The van der Waals surface area contributed by atoms with Crippen LogP contribution in [0.3, 0.4) is 0 Å². The third-order valence-electron chi connectivity index (χ3n) is 6.66. The van der Waals surface area contributed by atoms with Crippen LogP contribution in [-0.2, 0) is 12.8 Å². The first-order chi connectivity index (χ1) is 17.9. The maximum absolute atomic E-state index is 11.0. The molecule has 37 heavy (non-hydrogen) atoms. The maximum atomic E-state index is 11.0. The Morgan fingerprint density at radius 2 is 1.84 bits per heavy atom. The largest absolute Gasteiger partial charge is 0.478 e. The van der Waals surface area contributed by atoms with Gasteiger partial charge in [0.25, 0.3) is 0 Å². The van der Waals surface area contributed by atoms with Crippen LogP contribution < -0.4 is 10.1 Å². The summed E-state index contributed by atoms with van der Waals surface area (Å²) in [5.41, 5.74) is 5.84. The molecule has 0 spiro atoms. The smallest absolute Gasteiger partial charge is 0.337 e. The van der Waals surface area contributed by atoms with Gasteiger partial charge in [0.05, 0.1) is 11.7 Å². The number of rotatable bonds is 8. The molecule has 0 saturated heterocycles. The van der Waals surface area contributed by atoms with Gasteiger partial charge in [-0.15, -0.1) is 0 Å². The number of carboxylic acid groups (broad SMARTS) is 1. The van der Waals surface area contributed by atoms with Crippen molar-refractivity contribution in [2.75, 3.05) is 6.54 Å². The van der Waals surface area contributed by atoms with E-state index in [4.69, 9.17) is 21.4 Å². The second-order valence-corrected chi connectivity index (χ2v) is 9.66. The summed E-state index contributed by atoms with van der Waals surface area (Å²) in [6, 6.07) is 25.0. The third kappa shape index (κ3) is 6.17. The topological polar surface area (TPSA) is 91.7 Å². The van der Waals surface area contributed by atoms with Gasteiger partial charge in [-0.05, 0) is 77.4 Å². The maximum Gasteiger partial charge on any atom is 0.337 e. The minimum absolute atomic E-state index is 0.116. The first-order valence-corrected chi connectivity index (χ1v) is 12.6. The van der Waals surface area contributed by atoms with Gasteiger partial charge in [-0.1, -0.05) is 54.1 Å². The highest BCUT2D eigenvalue weighted by Gasteiger charge is 2.20. The van der Waals surface area contributed by atoms with Crippen LogP contribution in [0.5, 0.6) is 11.6 Å². The molecule has 4 aromatic rings. The molecule has 5 rings (SSSR count). The van der Waals surface area contributed by atoms with Gasteiger partial charge in [0.15, 0.2) is 0 Å². The Labute approximate surface area is 220 Å². The van der Waals surface area contributed by atoms with E-state index in [1.54, 1.807) is 18.2 Å². The number of benzene rings is 3. The summed E-state index contributed by atoms with van der Waals surface area (Å²) >= 11 is 6.06. The van der Waals surface area contributed by atoms with Crippen molar-refractivity contribution in [3.63, 3.8) is 0 Å². The van der Waals surface area contributed by atoms with E-state index in [1.165, 1.54) is 23.4 Å². The monoisotopic (exact) mass is 514 g/mol. The molecule has 1 aromatic heterocycles. The zero-order valence-electron chi connectivity index (χ0n) is 20.1. The van der Waals surface area contributed by atoms with Crippen LogP contribution >= 0.6 is 11.6 Å². The second kappa shape index (κ2) is 11.1. The van der Waals surface area contributed by atoms with Crippen LogP contribution in [0.25, 0.3) is 11.1 Å². The number of nitrogens with one attached hydrogen (secondary N) is 1. The molecule has 1 aliphatic carbocycles. The fourth-order valence-corrected chi connectivity index (χ4v) is 4.82. The fourth-order valence-electron chi connectivity index (χ4n) is 4.62. The molecule has 3 N–H and O–H groups in total. The van der Waals surface area contributed by atoms with Gasteiger partial charge in [-0.25, -0.2) is 9.78 Å². The first-order valence-electron chi connectivity index (χ1n) is 12.2. The van der Waals surface area contributed by atoms with E-state index in [0.29, 0.717) is 29.2 Å². The molecule has 0 radical (unpaired) electrons. The lowest BCUT2D eigenvalue weighted by Gasteiger charge is -2.27. The Kier molecular flexibility index (Phi) is 7.51. The molecule has 3 aromatic carbocycles. The van der Waals surface area contributed by atoms with Gasteiger partial charge < -0.3 is 20.3 Å². The Bertz CT molecular complexity index is 1390. The van der Waals surface area contributed by atoms with Crippen molar-refractivity contribution in [3.05, 3.63) is 112 Å². The van der Waals surface area contributed by atoms with E-state index in [1.807, 2.05) is 36.4 Å². The van der Waals surface area contributed by atoms with E-state index < -0.39 is 12.1 Å². The standard InChI is InChI=1S/C30H27ClN2O4/c31-25-3-1-2-22(15-25)28(34)18-32-26-10-6-20-4-5-21(14-24(20)16-26)19-7-11-27(12-8-19)37-29-13-9-23(17-33-29)30(35)36/h1-5,7-9,11-15,17,26,28,32,34H,6,10,16,18H2,(H,35,36)/t26-,28-/m0/s1. The Morgan fingerprint density at radius 1 is 1.03 bits per heavy atom. The highest BCUT2D eigenvalue weighted by molar-refractivity contribution is 6.30. The number of aliphatic hydroxyl groups is 1. The van der Waals surface area contributed by atoms with Crippen molar-refractivity contribution >= 4 is 17.6 Å². The van der Waals surface area contributed by atoms with Crippen LogP contribution in [0, 0.1) is 0 Å². The lowest BCUT2D eigenvalue weighted by molar-refractivity contribution is 0.0696. The van der Waals surface area contributed by atoms with E-state index in [9.17, 15) is 9.90 Å². The summed E-state index contributed by atoms with van der Waals surface area (Å²) in [6.07, 6.45) is 3.62. The molecule has 1 heterocycles. The van der Waals surface area contributed by atoms with Gasteiger partial charge in [0.1, 0.15) is 5.75 Å². The van der Waals surface area contributed by atoms with Crippen molar-refractivity contribution in [1.29, 1.82) is 0 Å². The Hall–Kier alpha value is -3.71. The number of nitrogens with zero attached hydrogens (tertiary/aromatic N) is 1. The average molecular weight is 515 g/mol. The number of carboxylic acids is 1. The van der Waals surface area contributed by atoms with Gasteiger partial charge in [0, 0.05) is 29.9 Å². The SMILES string of the molecule is O=C(O)c1ccc(Oc2ccc(-c3ccc4c(c3)C[C@@H](NC[C@H](O)c3cccc(Cl)c3)CC4)cc2)nc1. The zero-order valence-corrected chi connectivity index (χ0v) is 20.9. The molecule has 188 valence electrons. The van der Waals surface area contributed by atoms with Gasteiger partial charge in [0.2, 0.25) is 5.88 Å². The summed E-state index contributed by atoms with van der Waals surface area (Å²) in [4.78, 5) is 15.0. The van der Waals surface area contributed by atoms with Gasteiger partial charge in [-0.3, -0.25) is 0 Å². The number of hydrogen-bond donors (Lipinski definition) is 3. The highest BCUT2D eigenvalue weighted by atomic mass is 35.5. The number of aromatic carboxylic acids is 1. The molecule has 0 aliphatic heterocycles. The van der Waals surface area contributed by atoms with Crippen LogP contribution in [0.1, 0.15) is 39.6 Å². The van der Waals surface area contributed by atoms with E-state index in [2.05, 4.69) is 28.5 Å². The normalized spacial score (nSPS) is 15.6. The van der Waals surface area contributed by atoms with Gasteiger partial charge in [-0.2, -0.15) is 0 Å². The fraction of sp³-hybridized carbons (Fsp3) is 0.200. The van der Waals surface area contributed by atoms with Crippen molar-refractivity contribution < 1.29 is 19.7 Å². The molecule has 7 heteroatoms.